The molecule has 0 aliphatic carbocycles. The summed E-state index contributed by atoms with van der Waals surface area (Å²) in [6, 6.07) is 10.0. The molecule has 0 amide bonds. The molecule has 3 aromatic rings. The first-order valence-corrected chi connectivity index (χ1v) is 10.1. The summed E-state index contributed by atoms with van der Waals surface area (Å²) in [4.78, 5) is 18.8. The third-order valence-corrected chi connectivity index (χ3v) is 4.84. The Morgan fingerprint density at radius 2 is 1.93 bits per heavy atom. The van der Waals surface area contributed by atoms with Crippen molar-refractivity contribution in [2.45, 2.75) is 39.2 Å². The molecular weight excluding hydrogens is 379 g/mol. The lowest BCUT2D eigenvalue weighted by Crippen LogP contribution is -2.11. The van der Waals surface area contributed by atoms with Crippen LogP contribution < -0.4 is 15.8 Å². The number of aromatic hydroxyl groups is 2. The topological polar surface area (TPSA) is 94.9 Å². The molecule has 0 atom stereocenters. The zero-order chi connectivity index (χ0) is 21.5. The molecule has 3 rings (SSSR count). The highest BCUT2D eigenvalue weighted by atomic mass is 16.5. The van der Waals surface area contributed by atoms with Crippen LogP contribution in [0.25, 0.3) is 10.8 Å². The first kappa shape index (κ1) is 21.5. The van der Waals surface area contributed by atoms with Crippen molar-refractivity contribution in [1.82, 2.24) is 4.98 Å². The number of fused-ring (bicyclic) bond motifs is 1. The highest BCUT2D eigenvalue weighted by molar-refractivity contribution is 6.33. The van der Waals surface area contributed by atoms with E-state index in [9.17, 15) is 15.0 Å². The van der Waals surface area contributed by atoms with Gasteiger partial charge in [-0.15, -0.1) is 0 Å². The van der Waals surface area contributed by atoms with E-state index in [2.05, 4.69) is 16.9 Å². The highest BCUT2D eigenvalue weighted by Crippen LogP contribution is 2.27. The van der Waals surface area contributed by atoms with Crippen LogP contribution in [0.2, 0.25) is 0 Å². The molecule has 30 heavy (non-hydrogen) atoms. The molecule has 1 heterocycles. The van der Waals surface area contributed by atoms with Gasteiger partial charge in [0, 0.05) is 17.0 Å². The second-order valence-electron chi connectivity index (χ2n) is 7.20. The van der Waals surface area contributed by atoms with E-state index in [-0.39, 0.29) is 18.2 Å². The number of unbranched alkanes of at least 4 members (excludes halogenated alkanes) is 3. The number of benzene rings is 2. The summed E-state index contributed by atoms with van der Waals surface area (Å²) < 4.78 is 5.63. The number of nitrogens with one attached hydrogen (secondary N) is 1. The standard InChI is InChI=1S/C23H25BN2O4/c1-2-3-4-5-10-30-21-9-6-15(11-20(21)27)13-25-14-19-18-12-16(24)7-8-17(18)22(28)26-23(19)29/h6-9,11-12,14,27H,2-5,10,13H2,1H3,(H2,26,28,29). The van der Waals surface area contributed by atoms with Crippen molar-refractivity contribution < 1.29 is 14.9 Å². The quantitative estimate of drug-likeness (QED) is 0.290. The van der Waals surface area contributed by atoms with Gasteiger partial charge in [0.2, 0.25) is 5.88 Å². The fourth-order valence-corrected chi connectivity index (χ4v) is 3.22. The van der Waals surface area contributed by atoms with Crippen LogP contribution in [-0.2, 0) is 6.54 Å². The molecule has 0 spiro atoms. The summed E-state index contributed by atoms with van der Waals surface area (Å²) in [5, 5.41) is 21.3. The Bertz CT molecular complexity index is 1110. The summed E-state index contributed by atoms with van der Waals surface area (Å²) in [6.07, 6.45) is 5.91. The molecule has 6 nitrogen and oxygen atoms in total. The number of phenolic OH excluding ortho intramolecular Hbond substituents is 1. The predicted octanol–water partition coefficient (Wildman–Crippen LogP) is 3.31. The van der Waals surface area contributed by atoms with E-state index in [1.165, 1.54) is 19.1 Å². The molecule has 0 saturated carbocycles. The Hall–Kier alpha value is -3.22. The van der Waals surface area contributed by atoms with Crippen LogP contribution >= 0.6 is 0 Å². The van der Waals surface area contributed by atoms with E-state index < -0.39 is 5.56 Å². The number of nitrogens with zero attached hydrogens (tertiary/aromatic N) is 1. The number of H-pyrrole nitrogens is 1. The van der Waals surface area contributed by atoms with Crippen molar-refractivity contribution in [2.24, 2.45) is 4.99 Å². The first-order chi connectivity index (χ1) is 14.5. The normalized spacial score (nSPS) is 11.4. The largest absolute Gasteiger partial charge is 0.504 e. The van der Waals surface area contributed by atoms with Gasteiger partial charge in [-0.25, -0.2) is 0 Å². The van der Waals surface area contributed by atoms with Gasteiger partial charge in [0.15, 0.2) is 11.5 Å². The van der Waals surface area contributed by atoms with Gasteiger partial charge >= 0.3 is 0 Å². The Morgan fingerprint density at radius 3 is 2.70 bits per heavy atom. The maximum absolute atomic E-state index is 12.0. The predicted molar refractivity (Wildman–Crippen MR) is 121 cm³/mol. The van der Waals surface area contributed by atoms with Crippen LogP contribution in [0.4, 0.5) is 0 Å². The van der Waals surface area contributed by atoms with Gasteiger partial charge in [-0.3, -0.25) is 14.8 Å². The number of ether oxygens (including phenoxy) is 1. The van der Waals surface area contributed by atoms with Crippen LogP contribution in [0.5, 0.6) is 17.4 Å². The van der Waals surface area contributed by atoms with E-state index in [1.807, 2.05) is 6.07 Å². The van der Waals surface area contributed by atoms with Crippen molar-refractivity contribution in [3.05, 3.63) is 57.9 Å². The number of phenols is 1. The fraction of sp³-hybridized carbons (Fsp3) is 0.304. The molecule has 7 heteroatoms. The second-order valence-corrected chi connectivity index (χ2v) is 7.20. The van der Waals surface area contributed by atoms with Crippen molar-refractivity contribution in [3.8, 4) is 17.4 Å². The van der Waals surface area contributed by atoms with Crippen molar-refractivity contribution in [1.29, 1.82) is 0 Å². The summed E-state index contributed by atoms with van der Waals surface area (Å²) in [6.45, 7) is 3.02. The molecule has 0 fully saturated rings. The van der Waals surface area contributed by atoms with E-state index in [0.717, 1.165) is 18.4 Å². The van der Waals surface area contributed by atoms with E-state index in [1.54, 1.807) is 30.3 Å². The molecule has 0 unspecified atom stereocenters. The van der Waals surface area contributed by atoms with Crippen molar-refractivity contribution >= 4 is 30.3 Å². The van der Waals surface area contributed by atoms with E-state index in [0.29, 0.717) is 34.2 Å². The third-order valence-electron chi connectivity index (χ3n) is 4.84. The summed E-state index contributed by atoms with van der Waals surface area (Å²) in [5.41, 5.74) is 1.26. The van der Waals surface area contributed by atoms with Gasteiger partial charge < -0.3 is 14.9 Å². The average Bonchev–Trinajstić information content (AvgIpc) is 2.71. The Kier molecular flexibility index (Phi) is 7.17. The number of aromatic nitrogens is 1. The monoisotopic (exact) mass is 404 g/mol. The molecular formula is C23H25BN2O4. The van der Waals surface area contributed by atoms with Gasteiger partial charge in [-0.05, 0) is 30.2 Å². The molecule has 0 bridgehead atoms. The van der Waals surface area contributed by atoms with E-state index >= 15 is 0 Å². The van der Waals surface area contributed by atoms with Crippen LogP contribution in [0.15, 0.2) is 46.2 Å². The number of hydrogen-bond acceptors (Lipinski definition) is 5. The average molecular weight is 404 g/mol. The lowest BCUT2D eigenvalue weighted by Gasteiger charge is -2.09. The lowest BCUT2D eigenvalue weighted by atomic mass is 9.92. The van der Waals surface area contributed by atoms with Gasteiger partial charge in [-0.2, -0.15) is 0 Å². The Balaban J connectivity index is 1.71. The minimum Gasteiger partial charge on any atom is -0.504 e. The molecule has 0 saturated heterocycles. The van der Waals surface area contributed by atoms with Crippen LogP contribution in [0.1, 0.15) is 43.7 Å². The Labute approximate surface area is 176 Å². The molecule has 2 radical (unpaired) electrons. The summed E-state index contributed by atoms with van der Waals surface area (Å²) in [5.74, 6) is 0.263. The fourth-order valence-electron chi connectivity index (χ4n) is 3.22. The molecule has 3 N–H and O–H groups in total. The van der Waals surface area contributed by atoms with Gasteiger partial charge in [0.25, 0.3) is 5.56 Å². The minimum absolute atomic E-state index is 0.0725. The molecule has 154 valence electrons. The summed E-state index contributed by atoms with van der Waals surface area (Å²) >= 11 is 0. The lowest BCUT2D eigenvalue weighted by molar-refractivity contribution is 0.289. The van der Waals surface area contributed by atoms with Crippen molar-refractivity contribution in [2.75, 3.05) is 6.61 Å². The second kappa shape index (κ2) is 10.0. The smallest absolute Gasteiger partial charge is 0.258 e. The van der Waals surface area contributed by atoms with E-state index in [4.69, 9.17) is 12.6 Å². The van der Waals surface area contributed by atoms with Gasteiger partial charge in [0.05, 0.1) is 18.7 Å². The SMILES string of the molecule is [B]c1ccc2c(=O)[nH]c(O)c(C=NCc3ccc(OCCCCCC)c(O)c3)c2c1. The van der Waals surface area contributed by atoms with Crippen LogP contribution in [-0.4, -0.2) is 35.9 Å². The molecule has 1 aromatic heterocycles. The van der Waals surface area contributed by atoms with Gasteiger partial charge in [-0.1, -0.05) is 49.8 Å². The number of aliphatic imine (C=N–C) groups is 1. The number of rotatable bonds is 9. The Morgan fingerprint density at radius 1 is 1.10 bits per heavy atom. The molecule has 2 aromatic carbocycles. The number of aromatic amines is 1. The first-order valence-electron chi connectivity index (χ1n) is 10.1. The van der Waals surface area contributed by atoms with Gasteiger partial charge in [0.1, 0.15) is 7.85 Å². The van der Waals surface area contributed by atoms with Crippen molar-refractivity contribution in [3.63, 3.8) is 0 Å². The maximum atomic E-state index is 12.0. The minimum atomic E-state index is -0.394. The zero-order valence-electron chi connectivity index (χ0n) is 17.0. The number of hydrogen-bond donors (Lipinski definition) is 3. The highest BCUT2D eigenvalue weighted by Gasteiger charge is 2.09. The third kappa shape index (κ3) is 5.23. The zero-order valence-corrected chi connectivity index (χ0v) is 17.0. The number of pyridine rings is 1. The van der Waals surface area contributed by atoms with Crippen LogP contribution in [0.3, 0.4) is 0 Å². The maximum Gasteiger partial charge on any atom is 0.258 e. The summed E-state index contributed by atoms with van der Waals surface area (Å²) in [7, 11) is 5.82. The van der Waals surface area contributed by atoms with Crippen LogP contribution in [0, 0.1) is 0 Å². The molecule has 0 aliphatic heterocycles. The molecule has 0 aliphatic rings.